The van der Waals surface area contributed by atoms with Crippen LogP contribution in [0.1, 0.15) is 11.1 Å². The summed E-state index contributed by atoms with van der Waals surface area (Å²) < 4.78 is 27.4. The Hall–Kier alpha value is -2.22. The molecule has 0 aliphatic carbocycles. The highest BCUT2D eigenvalue weighted by atomic mass is 19.3. The summed E-state index contributed by atoms with van der Waals surface area (Å²) >= 11 is 0. The molecule has 0 spiro atoms. The van der Waals surface area contributed by atoms with Crippen LogP contribution in [0.25, 0.3) is 6.08 Å². The van der Waals surface area contributed by atoms with Crippen molar-refractivity contribution in [3.8, 4) is 0 Å². The molecule has 0 N–H and O–H groups in total. The second-order valence-corrected chi connectivity index (χ2v) is 4.55. The monoisotopic (exact) mass is 270 g/mol. The fraction of sp³-hybridized carbons (Fsp3) is 0.111. The van der Waals surface area contributed by atoms with E-state index in [0.29, 0.717) is 5.56 Å². The van der Waals surface area contributed by atoms with Crippen molar-refractivity contribution in [3.63, 3.8) is 0 Å². The van der Waals surface area contributed by atoms with Crippen LogP contribution in [0.4, 0.5) is 8.78 Å². The van der Waals surface area contributed by atoms with Gasteiger partial charge < -0.3 is 0 Å². The Morgan fingerprint density at radius 3 is 2.05 bits per heavy atom. The van der Waals surface area contributed by atoms with Gasteiger partial charge in [0.05, 0.1) is 0 Å². The van der Waals surface area contributed by atoms with Crippen LogP contribution in [-0.4, -0.2) is 5.92 Å². The lowest BCUT2D eigenvalue weighted by Crippen LogP contribution is -2.15. The van der Waals surface area contributed by atoms with Gasteiger partial charge in [0.1, 0.15) is 0 Å². The fourth-order valence-corrected chi connectivity index (χ4v) is 1.85. The highest BCUT2D eigenvalue weighted by molar-refractivity contribution is 5.50. The van der Waals surface area contributed by atoms with Crippen LogP contribution in [0.3, 0.4) is 0 Å². The topological polar surface area (TPSA) is 0 Å². The molecule has 0 saturated heterocycles. The minimum Gasteiger partial charge on any atom is -0.202 e. The van der Waals surface area contributed by atoms with Gasteiger partial charge in [-0.3, -0.25) is 0 Å². The van der Waals surface area contributed by atoms with E-state index in [9.17, 15) is 8.78 Å². The van der Waals surface area contributed by atoms with Crippen molar-refractivity contribution in [2.45, 2.75) is 12.3 Å². The van der Waals surface area contributed by atoms with Crippen molar-refractivity contribution in [3.05, 3.63) is 90.0 Å². The van der Waals surface area contributed by atoms with Crippen molar-refractivity contribution in [2.75, 3.05) is 0 Å². The standard InChI is InChI=1S/C18H16F2/c19-18(20,15-17-12-5-2-6-13-17)14-8-7-11-16-9-3-1-4-10-16/h1-14H,15H2/b11-7+,14-8+. The Morgan fingerprint density at radius 2 is 1.40 bits per heavy atom. The second kappa shape index (κ2) is 6.80. The average molecular weight is 270 g/mol. The number of allylic oxidation sites excluding steroid dienone is 3. The highest BCUT2D eigenvalue weighted by Crippen LogP contribution is 2.21. The predicted molar refractivity (Wildman–Crippen MR) is 79.7 cm³/mol. The van der Waals surface area contributed by atoms with E-state index in [1.807, 2.05) is 36.4 Å². The van der Waals surface area contributed by atoms with Crippen molar-refractivity contribution >= 4 is 6.08 Å². The predicted octanol–water partition coefficient (Wildman–Crippen LogP) is 5.13. The SMILES string of the molecule is FC(F)(/C=C/C=C/c1ccccc1)Cc1ccccc1. The van der Waals surface area contributed by atoms with Crippen molar-refractivity contribution in [2.24, 2.45) is 0 Å². The van der Waals surface area contributed by atoms with E-state index in [4.69, 9.17) is 0 Å². The van der Waals surface area contributed by atoms with Gasteiger partial charge >= 0.3 is 0 Å². The molecule has 2 aromatic rings. The molecule has 0 bridgehead atoms. The summed E-state index contributed by atoms with van der Waals surface area (Å²) in [6.07, 6.45) is 5.50. The zero-order chi connectivity index (χ0) is 14.3. The number of hydrogen-bond donors (Lipinski definition) is 0. The largest absolute Gasteiger partial charge is 0.270 e. The molecular weight excluding hydrogens is 254 g/mol. The van der Waals surface area contributed by atoms with Gasteiger partial charge in [-0.1, -0.05) is 78.9 Å². The maximum absolute atomic E-state index is 13.7. The first-order chi connectivity index (χ1) is 9.66. The minimum absolute atomic E-state index is 0.274. The molecule has 20 heavy (non-hydrogen) atoms. The smallest absolute Gasteiger partial charge is 0.202 e. The Balaban J connectivity index is 1.94. The van der Waals surface area contributed by atoms with Gasteiger partial charge in [0, 0.05) is 6.42 Å². The molecule has 0 aromatic heterocycles. The van der Waals surface area contributed by atoms with Gasteiger partial charge in [0.2, 0.25) is 0 Å². The van der Waals surface area contributed by atoms with Crippen LogP contribution in [0, 0.1) is 0 Å². The zero-order valence-electron chi connectivity index (χ0n) is 11.0. The third kappa shape index (κ3) is 4.81. The quantitative estimate of drug-likeness (QED) is 0.660. The lowest BCUT2D eigenvalue weighted by molar-refractivity contribution is 0.0558. The minimum atomic E-state index is -2.83. The number of rotatable bonds is 5. The molecule has 0 saturated carbocycles. The molecule has 0 nitrogen and oxygen atoms in total. The maximum Gasteiger partial charge on any atom is 0.270 e. The third-order valence-corrected chi connectivity index (χ3v) is 2.82. The van der Waals surface area contributed by atoms with Gasteiger partial charge in [-0.2, -0.15) is 0 Å². The lowest BCUT2D eigenvalue weighted by Gasteiger charge is -2.11. The summed E-state index contributed by atoms with van der Waals surface area (Å²) in [5.74, 6) is -2.83. The fourth-order valence-electron chi connectivity index (χ4n) is 1.85. The van der Waals surface area contributed by atoms with E-state index in [1.165, 1.54) is 6.08 Å². The Kier molecular flexibility index (Phi) is 4.83. The van der Waals surface area contributed by atoms with Crippen molar-refractivity contribution in [1.82, 2.24) is 0 Å². The molecule has 2 rings (SSSR count). The van der Waals surface area contributed by atoms with E-state index in [1.54, 1.807) is 36.4 Å². The molecular formula is C18H16F2. The van der Waals surface area contributed by atoms with Gasteiger partial charge in [-0.05, 0) is 17.2 Å². The second-order valence-electron chi connectivity index (χ2n) is 4.55. The lowest BCUT2D eigenvalue weighted by atomic mass is 10.1. The van der Waals surface area contributed by atoms with Crippen molar-refractivity contribution < 1.29 is 8.78 Å². The van der Waals surface area contributed by atoms with E-state index in [0.717, 1.165) is 11.6 Å². The molecule has 2 heteroatoms. The van der Waals surface area contributed by atoms with Crippen LogP contribution in [0.2, 0.25) is 0 Å². The van der Waals surface area contributed by atoms with Crippen LogP contribution < -0.4 is 0 Å². The average Bonchev–Trinajstić information content (AvgIpc) is 2.45. The molecule has 0 radical (unpaired) electrons. The normalized spacial score (nSPS) is 12.3. The molecule has 0 unspecified atom stereocenters. The maximum atomic E-state index is 13.7. The molecule has 2 aromatic carbocycles. The van der Waals surface area contributed by atoms with Gasteiger partial charge in [0.15, 0.2) is 0 Å². The number of benzene rings is 2. The van der Waals surface area contributed by atoms with Crippen LogP contribution in [-0.2, 0) is 6.42 Å². The number of hydrogen-bond acceptors (Lipinski definition) is 0. The van der Waals surface area contributed by atoms with Crippen LogP contribution in [0.5, 0.6) is 0 Å². The zero-order valence-corrected chi connectivity index (χ0v) is 11.0. The van der Waals surface area contributed by atoms with Crippen LogP contribution in [0.15, 0.2) is 78.9 Å². The molecule has 0 amide bonds. The summed E-state index contributed by atoms with van der Waals surface area (Å²) in [6.45, 7) is 0. The summed E-state index contributed by atoms with van der Waals surface area (Å²) in [5, 5.41) is 0. The van der Waals surface area contributed by atoms with E-state index in [2.05, 4.69) is 0 Å². The third-order valence-electron chi connectivity index (χ3n) is 2.82. The molecule has 102 valence electrons. The molecule has 0 heterocycles. The number of halogens is 2. The Morgan fingerprint density at radius 1 is 0.800 bits per heavy atom. The first-order valence-corrected chi connectivity index (χ1v) is 6.48. The first-order valence-electron chi connectivity index (χ1n) is 6.48. The Bertz CT molecular complexity index is 569. The van der Waals surface area contributed by atoms with E-state index < -0.39 is 5.92 Å². The molecule has 0 aliphatic rings. The summed E-state index contributed by atoms with van der Waals surface area (Å²) in [5.41, 5.74) is 1.62. The van der Waals surface area contributed by atoms with Gasteiger partial charge in [-0.25, -0.2) is 8.78 Å². The summed E-state index contributed by atoms with van der Waals surface area (Å²) in [7, 11) is 0. The van der Waals surface area contributed by atoms with Gasteiger partial charge in [-0.15, -0.1) is 0 Å². The van der Waals surface area contributed by atoms with E-state index in [-0.39, 0.29) is 6.42 Å². The molecule has 0 fully saturated rings. The van der Waals surface area contributed by atoms with E-state index >= 15 is 0 Å². The van der Waals surface area contributed by atoms with Crippen molar-refractivity contribution in [1.29, 1.82) is 0 Å². The summed E-state index contributed by atoms with van der Waals surface area (Å²) in [6, 6.07) is 18.4. The summed E-state index contributed by atoms with van der Waals surface area (Å²) in [4.78, 5) is 0. The van der Waals surface area contributed by atoms with Crippen LogP contribution >= 0.6 is 0 Å². The van der Waals surface area contributed by atoms with Gasteiger partial charge in [0.25, 0.3) is 5.92 Å². The highest BCUT2D eigenvalue weighted by Gasteiger charge is 2.24. The molecule has 0 aliphatic heterocycles. The number of alkyl halides is 2. The Labute approximate surface area is 118 Å². The first kappa shape index (κ1) is 14.2. The molecule has 0 atom stereocenters.